The number of carbonyl (C=O) groups excluding carboxylic acids is 1. The third-order valence-electron chi connectivity index (χ3n) is 2.89. The fourth-order valence-corrected chi connectivity index (χ4v) is 2.79. The van der Waals surface area contributed by atoms with Gasteiger partial charge in [0.05, 0.1) is 5.54 Å². The Morgan fingerprint density at radius 2 is 2.06 bits per heavy atom. The van der Waals surface area contributed by atoms with Crippen LogP contribution in [0.5, 0.6) is 0 Å². The first-order chi connectivity index (χ1) is 7.92. The minimum Gasteiger partial charge on any atom is -0.368 e. The van der Waals surface area contributed by atoms with Crippen LogP contribution in [0.25, 0.3) is 0 Å². The molecule has 0 heterocycles. The minimum atomic E-state index is -0.541. The van der Waals surface area contributed by atoms with Crippen molar-refractivity contribution in [3.8, 4) is 0 Å². The van der Waals surface area contributed by atoms with Crippen LogP contribution in [0.15, 0.2) is 0 Å². The smallest absolute Gasteiger partial charge is 0.237 e. The van der Waals surface area contributed by atoms with Crippen molar-refractivity contribution in [3.63, 3.8) is 0 Å². The summed E-state index contributed by atoms with van der Waals surface area (Å²) >= 11 is 1.91. The second-order valence-electron chi connectivity index (χ2n) is 5.17. The maximum Gasteiger partial charge on any atom is 0.237 e. The second kappa shape index (κ2) is 8.81. The lowest BCUT2D eigenvalue weighted by atomic mass is 9.98. The van der Waals surface area contributed by atoms with E-state index < -0.39 is 5.54 Å². The molecule has 0 aliphatic rings. The fraction of sp³-hybridized carbons (Fsp3) is 0.923. The average molecular weight is 260 g/mol. The van der Waals surface area contributed by atoms with Gasteiger partial charge in [-0.2, -0.15) is 11.8 Å². The molecular formula is C13H28N2OS. The molecule has 0 rings (SSSR count). The van der Waals surface area contributed by atoms with Gasteiger partial charge >= 0.3 is 0 Å². The van der Waals surface area contributed by atoms with Gasteiger partial charge in [0.2, 0.25) is 5.91 Å². The number of primary amides is 1. The predicted octanol–water partition coefficient (Wildman–Crippen LogP) is 2.40. The molecule has 0 bridgehead atoms. The predicted molar refractivity (Wildman–Crippen MR) is 77.3 cm³/mol. The second-order valence-corrected chi connectivity index (χ2v) is 6.39. The van der Waals surface area contributed by atoms with Crippen molar-refractivity contribution in [1.82, 2.24) is 5.32 Å². The van der Waals surface area contributed by atoms with E-state index in [9.17, 15) is 4.79 Å². The summed E-state index contributed by atoms with van der Waals surface area (Å²) in [5.74, 6) is 2.67. The van der Waals surface area contributed by atoms with Crippen molar-refractivity contribution in [2.45, 2.75) is 52.5 Å². The van der Waals surface area contributed by atoms with Crippen LogP contribution in [0.3, 0.4) is 0 Å². The standard InChI is InChI=1S/C13H28N2OS/c1-5-8-15-13(4,12(14)16)7-10-17-9-6-11(2)3/h11,15H,5-10H2,1-4H3,(H2,14,16). The number of amides is 1. The largest absolute Gasteiger partial charge is 0.368 e. The lowest BCUT2D eigenvalue weighted by Gasteiger charge is -2.27. The molecule has 0 aliphatic carbocycles. The Hall–Kier alpha value is -0.220. The molecule has 3 nitrogen and oxygen atoms in total. The number of thioether (sulfide) groups is 1. The molecule has 4 heteroatoms. The van der Waals surface area contributed by atoms with E-state index in [4.69, 9.17) is 5.73 Å². The van der Waals surface area contributed by atoms with Crippen LogP contribution >= 0.6 is 11.8 Å². The van der Waals surface area contributed by atoms with Crippen molar-refractivity contribution in [3.05, 3.63) is 0 Å². The van der Waals surface area contributed by atoms with Crippen LogP contribution in [-0.2, 0) is 4.79 Å². The van der Waals surface area contributed by atoms with Crippen LogP contribution in [0.2, 0.25) is 0 Å². The van der Waals surface area contributed by atoms with Gasteiger partial charge < -0.3 is 11.1 Å². The Bertz CT molecular complexity index is 221. The molecule has 1 atom stereocenters. The van der Waals surface area contributed by atoms with Crippen LogP contribution in [0.4, 0.5) is 0 Å². The Morgan fingerprint density at radius 3 is 2.53 bits per heavy atom. The van der Waals surface area contributed by atoms with E-state index >= 15 is 0 Å². The highest BCUT2D eigenvalue weighted by Gasteiger charge is 2.29. The molecule has 0 radical (unpaired) electrons. The molecule has 3 N–H and O–H groups in total. The van der Waals surface area contributed by atoms with Gasteiger partial charge in [-0.3, -0.25) is 4.79 Å². The zero-order valence-corrected chi connectivity index (χ0v) is 12.5. The van der Waals surface area contributed by atoms with Gasteiger partial charge in [0.15, 0.2) is 0 Å². The molecule has 0 saturated heterocycles. The molecule has 1 amide bonds. The van der Waals surface area contributed by atoms with Gasteiger partial charge in [0.25, 0.3) is 0 Å². The number of nitrogens with one attached hydrogen (secondary N) is 1. The molecule has 0 aliphatic heterocycles. The van der Waals surface area contributed by atoms with E-state index in [2.05, 4.69) is 26.1 Å². The van der Waals surface area contributed by atoms with Gasteiger partial charge in [-0.15, -0.1) is 0 Å². The summed E-state index contributed by atoms with van der Waals surface area (Å²) in [5, 5.41) is 3.26. The third-order valence-corrected chi connectivity index (χ3v) is 3.91. The van der Waals surface area contributed by atoms with Crippen LogP contribution in [-0.4, -0.2) is 29.5 Å². The van der Waals surface area contributed by atoms with Gasteiger partial charge in [0, 0.05) is 0 Å². The van der Waals surface area contributed by atoms with E-state index in [0.29, 0.717) is 0 Å². The average Bonchev–Trinajstić information content (AvgIpc) is 2.25. The molecule has 1 unspecified atom stereocenters. The summed E-state index contributed by atoms with van der Waals surface area (Å²) in [6.07, 6.45) is 3.06. The lowest BCUT2D eigenvalue weighted by Crippen LogP contribution is -2.53. The first kappa shape index (κ1) is 16.8. The van der Waals surface area contributed by atoms with Crippen molar-refractivity contribution in [2.75, 3.05) is 18.1 Å². The van der Waals surface area contributed by atoms with Crippen LogP contribution < -0.4 is 11.1 Å². The van der Waals surface area contributed by atoms with E-state index in [0.717, 1.165) is 31.1 Å². The molecule has 0 aromatic rings. The summed E-state index contributed by atoms with van der Waals surface area (Å²) in [5.41, 5.74) is 4.92. The molecule has 0 spiro atoms. The highest BCUT2D eigenvalue weighted by atomic mass is 32.2. The zero-order chi connectivity index (χ0) is 13.3. The number of hydrogen-bond donors (Lipinski definition) is 2. The monoisotopic (exact) mass is 260 g/mol. The first-order valence-electron chi connectivity index (χ1n) is 6.55. The molecule has 17 heavy (non-hydrogen) atoms. The summed E-state index contributed by atoms with van der Waals surface area (Å²) in [6, 6.07) is 0. The molecule has 102 valence electrons. The molecule has 0 saturated carbocycles. The number of rotatable bonds is 10. The fourth-order valence-electron chi connectivity index (χ4n) is 1.40. The summed E-state index contributed by atoms with van der Waals surface area (Å²) in [4.78, 5) is 11.4. The molecular weight excluding hydrogens is 232 g/mol. The Balaban J connectivity index is 3.88. The number of nitrogens with two attached hydrogens (primary N) is 1. The van der Waals surface area contributed by atoms with Gasteiger partial charge in [-0.05, 0) is 50.2 Å². The highest BCUT2D eigenvalue weighted by Crippen LogP contribution is 2.16. The molecule has 0 fully saturated rings. The topological polar surface area (TPSA) is 55.1 Å². The first-order valence-corrected chi connectivity index (χ1v) is 7.70. The maximum absolute atomic E-state index is 11.4. The van der Waals surface area contributed by atoms with Crippen molar-refractivity contribution >= 4 is 17.7 Å². The zero-order valence-electron chi connectivity index (χ0n) is 11.7. The maximum atomic E-state index is 11.4. The molecule has 0 aromatic heterocycles. The lowest BCUT2D eigenvalue weighted by molar-refractivity contribution is -0.123. The van der Waals surface area contributed by atoms with Crippen molar-refractivity contribution in [1.29, 1.82) is 0 Å². The van der Waals surface area contributed by atoms with Crippen molar-refractivity contribution < 1.29 is 4.79 Å². The number of carbonyl (C=O) groups is 1. The SMILES string of the molecule is CCCNC(C)(CCSCCC(C)C)C(N)=O. The van der Waals surface area contributed by atoms with Crippen LogP contribution in [0.1, 0.15) is 47.0 Å². The summed E-state index contributed by atoms with van der Waals surface area (Å²) in [7, 11) is 0. The highest BCUT2D eigenvalue weighted by molar-refractivity contribution is 7.99. The van der Waals surface area contributed by atoms with E-state index in [1.165, 1.54) is 12.2 Å². The van der Waals surface area contributed by atoms with Gasteiger partial charge in [-0.1, -0.05) is 20.8 Å². The normalized spacial score (nSPS) is 14.9. The Morgan fingerprint density at radius 1 is 1.41 bits per heavy atom. The van der Waals surface area contributed by atoms with E-state index in [1.807, 2.05) is 18.7 Å². The van der Waals surface area contributed by atoms with E-state index in [1.54, 1.807) is 0 Å². The number of hydrogen-bond acceptors (Lipinski definition) is 3. The summed E-state index contributed by atoms with van der Waals surface area (Å²) in [6.45, 7) is 9.31. The molecule has 0 aromatic carbocycles. The van der Waals surface area contributed by atoms with Gasteiger partial charge in [0.1, 0.15) is 0 Å². The summed E-state index contributed by atoms with van der Waals surface area (Å²) < 4.78 is 0. The third kappa shape index (κ3) is 7.66. The van der Waals surface area contributed by atoms with Crippen LogP contribution in [0, 0.1) is 5.92 Å². The Labute approximate surface area is 110 Å². The quantitative estimate of drug-likeness (QED) is 0.593. The van der Waals surface area contributed by atoms with E-state index in [-0.39, 0.29) is 5.91 Å². The van der Waals surface area contributed by atoms with Gasteiger partial charge in [-0.25, -0.2) is 0 Å². The van der Waals surface area contributed by atoms with Crippen molar-refractivity contribution in [2.24, 2.45) is 11.7 Å². The minimum absolute atomic E-state index is 0.240. The Kier molecular flexibility index (Phi) is 8.70.